The first-order valence-corrected chi connectivity index (χ1v) is 13.4. The number of ether oxygens (including phenoxy) is 2. The normalized spacial score (nSPS) is 18.0. The molecule has 2 aliphatic rings. The van der Waals surface area contributed by atoms with E-state index in [0.29, 0.717) is 30.4 Å². The van der Waals surface area contributed by atoms with Crippen LogP contribution in [0, 0.1) is 5.92 Å². The fraction of sp³-hybridized carbons (Fsp3) is 0.429. The van der Waals surface area contributed by atoms with Crippen LogP contribution in [0.5, 0.6) is 5.75 Å². The van der Waals surface area contributed by atoms with Crippen molar-refractivity contribution in [3.05, 3.63) is 53.2 Å². The second-order valence-corrected chi connectivity index (χ2v) is 9.99. The predicted octanol–water partition coefficient (Wildman–Crippen LogP) is 4.03. The Kier molecular flexibility index (Phi) is 7.83. The highest BCUT2D eigenvalue weighted by Gasteiger charge is 2.32. The Bertz CT molecular complexity index is 1330. The summed E-state index contributed by atoms with van der Waals surface area (Å²) in [5.74, 6) is 0.801. The van der Waals surface area contributed by atoms with Gasteiger partial charge in [-0.25, -0.2) is 0 Å². The molecule has 0 radical (unpaired) electrons. The number of anilines is 2. The molecule has 0 spiro atoms. The number of carbonyl (C=O) groups excluding carboxylic acids is 2. The van der Waals surface area contributed by atoms with Gasteiger partial charge in [-0.3, -0.25) is 9.59 Å². The third-order valence-electron chi connectivity index (χ3n) is 7.26. The fourth-order valence-corrected chi connectivity index (χ4v) is 5.48. The Morgan fingerprint density at radius 3 is 2.47 bits per heavy atom. The first kappa shape index (κ1) is 26.0. The molecule has 3 heterocycles. The molecular formula is C28H32ClN5O4. The van der Waals surface area contributed by atoms with E-state index in [-0.39, 0.29) is 17.8 Å². The number of fused-ring (bicyclic) bond motifs is 1. The van der Waals surface area contributed by atoms with E-state index < -0.39 is 0 Å². The summed E-state index contributed by atoms with van der Waals surface area (Å²) in [5.41, 5.74) is 1.29. The number of esters is 1. The number of nitrogens with zero attached hydrogens (tertiary/aromatic N) is 5. The number of likely N-dealkylation sites (tertiary alicyclic amines) is 1. The van der Waals surface area contributed by atoms with Crippen molar-refractivity contribution in [3.63, 3.8) is 0 Å². The van der Waals surface area contributed by atoms with Gasteiger partial charge in [0.2, 0.25) is 0 Å². The lowest BCUT2D eigenvalue weighted by Crippen LogP contribution is -2.47. The lowest BCUT2D eigenvalue weighted by molar-refractivity contribution is -0.149. The minimum atomic E-state index is -0.305. The quantitative estimate of drug-likeness (QED) is 0.435. The zero-order valence-corrected chi connectivity index (χ0v) is 22.5. The maximum absolute atomic E-state index is 13.5. The van der Waals surface area contributed by atoms with E-state index in [1.165, 1.54) is 0 Å². The fourth-order valence-electron chi connectivity index (χ4n) is 5.31. The molecule has 1 aromatic heterocycles. The average Bonchev–Trinajstić information content (AvgIpc) is 2.96. The number of halogens is 1. The van der Waals surface area contributed by atoms with Gasteiger partial charge in [-0.15, -0.1) is 10.2 Å². The minimum Gasteiger partial charge on any atom is -0.495 e. The van der Waals surface area contributed by atoms with E-state index in [4.69, 9.17) is 21.1 Å². The summed E-state index contributed by atoms with van der Waals surface area (Å²) in [6.45, 7) is 6.03. The highest BCUT2D eigenvalue weighted by Crippen LogP contribution is 2.33. The molecule has 0 bridgehead atoms. The van der Waals surface area contributed by atoms with Gasteiger partial charge in [0.1, 0.15) is 5.75 Å². The third kappa shape index (κ3) is 5.20. The Balaban J connectivity index is 1.36. The van der Waals surface area contributed by atoms with Gasteiger partial charge in [-0.2, -0.15) is 0 Å². The second kappa shape index (κ2) is 11.4. The number of aromatic nitrogens is 2. The van der Waals surface area contributed by atoms with Crippen LogP contribution in [0.4, 0.5) is 11.5 Å². The molecule has 38 heavy (non-hydrogen) atoms. The van der Waals surface area contributed by atoms with Crippen LogP contribution in [0.3, 0.4) is 0 Å². The number of amides is 1. The van der Waals surface area contributed by atoms with Crippen LogP contribution >= 0.6 is 11.6 Å². The topological polar surface area (TPSA) is 88.1 Å². The van der Waals surface area contributed by atoms with E-state index in [9.17, 15) is 9.59 Å². The monoisotopic (exact) mass is 537 g/mol. The molecule has 200 valence electrons. The average molecular weight is 538 g/mol. The molecule has 1 atom stereocenters. The zero-order valence-electron chi connectivity index (χ0n) is 21.7. The molecule has 5 rings (SSSR count). The van der Waals surface area contributed by atoms with E-state index in [1.54, 1.807) is 18.9 Å². The van der Waals surface area contributed by atoms with Crippen molar-refractivity contribution in [1.82, 2.24) is 15.1 Å². The Morgan fingerprint density at radius 2 is 1.74 bits per heavy atom. The number of piperidine rings is 1. The van der Waals surface area contributed by atoms with Crippen molar-refractivity contribution >= 4 is 45.8 Å². The minimum absolute atomic E-state index is 0.202. The van der Waals surface area contributed by atoms with Crippen molar-refractivity contribution in [3.8, 4) is 5.75 Å². The van der Waals surface area contributed by atoms with E-state index in [0.717, 1.165) is 67.0 Å². The highest BCUT2D eigenvalue weighted by molar-refractivity contribution is 6.31. The molecule has 3 aromatic rings. The standard InChI is InChI=1S/C28H32ClN5O4/c1-3-38-28(36)19-7-6-12-34(18-19)27(35)25-21-8-4-5-9-22(21)26(31-30-25)33-15-13-32(14-16-33)23-17-20(29)10-11-24(23)37-2/h4-5,8-11,17,19H,3,6-7,12-16,18H2,1-2H3/t19-/m1/s1. The van der Waals surface area contributed by atoms with Gasteiger partial charge in [-0.1, -0.05) is 35.9 Å². The Morgan fingerprint density at radius 1 is 1.00 bits per heavy atom. The molecule has 0 saturated carbocycles. The van der Waals surface area contributed by atoms with Crippen LogP contribution in [-0.2, 0) is 9.53 Å². The summed E-state index contributed by atoms with van der Waals surface area (Å²) in [5, 5.41) is 11.3. The number of carbonyl (C=O) groups is 2. The molecule has 0 N–H and O–H groups in total. The Hall–Kier alpha value is -3.59. The van der Waals surface area contributed by atoms with Crippen molar-refractivity contribution in [1.29, 1.82) is 0 Å². The zero-order chi connectivity index (χ0) is 26.6. The smallest absolute Gasteiger partial charge is 0.310 e. The molecule has 9 nitrogen and oxygen atoms in total. The predicted molar refractivity (Wildman–Crippen MR) is 147 cm³/mol. The van der Waals surface area contributed by atoms with Gasteiger partial charge >= 0.3 is 5.97 Å². The molecule has 0 aliphatic carbocycles. The first-order valence-electron chi connectivity index (χ1n) is 13.0. The van der Waals surface area contributed by atoms with Crippen molar-refractivity contribution in [2.75, 3.05) is 62.8 Å². The van der Waals surface area contributed by atoms with E-state index in [2.05, 4.69) is 20.0 Å². The van der Waals surface area contributed by atoms with Crippen LogP contribution in [0.15, 0.2) is 42.5 Å². The van der Waals surface area contributed by atoms with Crippen molar-refractivity contribution < 1.29 is 19.1 Å². The number of piperazine rings is 1. The highest BCUT2D eigenvalue weighted by atomic mass is 35.5. The number of rotatable bonds is 6. The summed E-state index contributed by atoms with van der Waals surface area (Å²) in [6, 6.07) is 13.4. The number of benzene rings is 2. The molecule has 1 amide bonds. The number of hydrogen-bond acceptors (Lipinski definition) is 8. The summed E-state index contributed by atoms with van der Waals surface area (Å²) >= 11 is 6.25. The van der Waals surface area contributed by atoms with Gasteiger partial charge in [0.25, 0.3) is 5.91 Å². The SMILES string of the molecule is CCOC(=O)[C@@H]1CCCN(C(=O)c2nnc(N3CCN(c4cc(Cl)ccc4OC)CC3)c3ccccc23)C1. The van der Waals surface area contributed by atoms with Gasteiger partial charge in [0.15, 0.2) is 11.5 Å². The molecule has 2 fully saturated rings. The van der Waals surface area contributed by atoms with Gasteiger partial charge in [0, 0.05) is 55.1 Å². The van der Waals surface area contributed by atoms with Gasteiger partial charge < -0.3 is 24.2 Å². The van der Waals surface area contributed by atoms with Crippen LogP contribution in [-0.4, -0.2) is 80.0 Å². The summed E-state index contributed by atoms with van der Waals surface area (Å²) in [6.07, 6.45) is 1.47. The summed E-state index contributed by atoms with van der Waals surface area (Å²) in [7, 11) is 1.66. The van der Waals surface area contributed by atoms with E-state index in [1.807, 2.05) is 42.5 Å². The van der Waals surface area contributed by atoms with Gasteiger partial charge in [0.05, 0.1) is 25.3 Å². The van der Waals surface area contributed by atoms with Crippen molar-refractivity contribution in [2.45, 2.75) is 19.8 Å². The Labute approximate surface area is 227 Å². The maximum atomic E-state index is 13.5. The first-order chi connectivity index (χ1) is 18.5. The molecule has 0 unspecified atom stereocenters. The van der Waals surface area contributed by atoms with Crippen LogP contribution in [0.1, 0.15) is 30.3 Å². The summed E-state index contributed by atoms with van der Waals surface area (Å²) in [4.78, 5) is 32.0. The molecular weight excluding hydrogens is 506 g/mol. The van der Waals surface area contributed by atoms with Crippen LogP contribution in [0.25, 0.3) is 10.8 Å². The maximum Gasteiger partial charge on any atom is 0.310 e. The largest absolute Gasteiger partial charge is 0.495 e. The van der Waals surface area contributed by atoms with E-state index >= 15 is 0 Å². The third-order valence-corrected chi connectivity index (χ3v) is 7.49. The number of methoxy groups -OCH3 is 1. The lowest BCUT2D eigenvalue weighted by atomic mass is 9.97. The van der Waals surface area contributed by atoms with Gasteiger partial charge in [-0.05, 0) is 38.0 Å². The number of hydrogen-bond donors (Lipinski definition) is 0. The summed E-state index contributed by atoms with van der Waals surface area (Å²) < 4.78 is 10.7. The molecule has 2 saturated heterocycles. The lowest BCUT2D eigenvalue weighted by Gasteiger charge is -2.37. The van der Waals surface area contributed by atoms with Crippen LogP contribution in [0.2, 0.25) is 5.02 Å². The molecule has 10 heteroatoms. The second-order valence-electron chi connectivity index (χ2n) is 9.55. The van der Waals surface area contributed by atoms with Crippen LogP contribution < -0.4 is 14.5 Å². The molecule has 2 aliphatic heterocycles. The van der Waals surface area contributed by atoms with Crippen molar-refractivity contribution in [2.24, 2.45) is 5.92 Å². The molecule has 2 aromatic carbocycles.